The van der Waals surface area contributed by atoms with Crippen molar-refractivity contribution in [3.05, 3.63) is 12.4 Å². The van der Waals surface area contributed by atoms with E-state index in [9.17, 15) is 0 Å². The summed E-state index contributed by atoms with van der Waals surface area (Å²) in [5, 5.41) is 4.01. The van der Waals surface area contributed by atoms with E-state index >= 15 is 0 Å². The topological polar surface area (TPSA) is 29.9 Å². The van der Waals surface area contributed by atoms with E-state index in [1.807, 2.05) is 29.6 Å². The quantitative estimate of drug-likeness (QED) is 0.786. The van der Waals surface area contributed by atoms with E-state index in [0.717, 1.165) is 12.5 Å². The van der Waals surface area contributed by atoms with Crippen molar-refractivity contribution in [2.24, 2.45) is 7.05 Å². The van der Waals surface area contributed by atoms with Gasteiger partial charge in [-0.15, -0.1) is 0 Å². The lowest BCUT2D eigenvalue weighted by atomic mass is 10.3. The number of nitrogens with one attached hydrogen (secondary N) is 1. The molecule has 1 N–H and O–H groups in total. The average molecular weight is 199 g/mol. The lowest BCUT2D eigenvalue weighted by molar-refractivity contribution is 0.826. The average Bonchev–Trinajstić information content (AvgIpc) is 2.52. The van der Waals surface area contributed by atoms with Crippen LogP contribution in [0.2, 0.25) is 0 Å². The number of anilines is 1. The predicted octanol–water partition coefficient (Wildman–Crippen LogP) is 1.97. The number of hydrogen-bond donors (Lipinski definition) is 1. The highest BCUT2D eigenvalue weighted by atomic mass is 32.2. The fraction of sp³-hybridized carbons (Fsp3) is 0.667. The molecule has 0 fully saturated rings. The summed E-state index contributed by atoms with van der Waals surface area (Å²) in [6.45, 7) is 3.23. The second kappa shape index (κ2) is 5.17. The van der Waals surface area contributed by atoms with Crippen LogP contribution in [0.25, 0.3) is 0 Å². The molecule has 1 aromatic heterocycles. The zero-order valence-electron chi connectivity index (χ0n) is 8.45. The summed E-state index contributed by atoms with van der Waals surface area (Å²) < 4.78 is 1.99. The molecule has 13 heavy (non-hydrogen) atoms. The van der Waals surface area contributed by atoms with Crippen LogP contribution >= 0.6 is 11.8 Å². The van der Waals surface area contributed by atoms with E-state index in [4.69, 9.17) is 0 Å². The smallest absolute Gasteiger partial charge is 0.202 e. The Hall–Kier alpha value is -0.640. The van der Waals surface area contributed by atoms with Crippen molar-refractivity contribution in [2.75, 3.05) is 18.1 Å². The molecule has 4 heteroatoms. The summed E-state index contributed by atoms with van der Waals surface area (Å²) in [7, 11) is 1.99. The Morgan fingerprint density at radius 3 is 3.00 bits per heavy atom. The number of imidazole rings is 1. The van der Waals surface area contributed by atoms with Crippen molar-refractivity contribution >= 4 is 17.7 Å². The van der Waals surface area contributed by atoms with Gasteiger partial charge in [-0.3, -0.25) is 0 Å². The van der Waals surface area contributed by atoms with Gasteiger partial charge in [-0.1, -0.05) is 6.92 Å². The van der Waals surface area contributed by atoms with E-state index in [2.05, 4.69) is 23.5 Å². The lowest BCUT2D eigenvalue weighted by Gasteiger charge is -2.09. The molecule has 0 aliphatic heterocycles. The first-order chi connectivity index (χ1) is 6.24. The normalized spacial score (nSPS) is 12.8. The maximum absolute atomic E-state index is 4.18. The molecule has 1 heterocycles. The first-order valence-electron chi connectivity index (χ1n) is 4.48. The highest BCUT2D eigenvalue weighted by molar-refractivity contribution is 7.99. The van der Waals surface area contributed by atoms with E-state index in [1.54, 1.807) is 6.20 Å². The zero-order chi connectivity index (χ0) is 9.68. The molecule has 0 aliphatic rings. The third-order valence-electron chi connectivity index (χ3n) is 2.06. The maximum atomic E-state index is 4.18. The van der Waals surface area contributed by atoms with Crippen molar-refractivity contribution in [1.82, 2.24) is 9.55 Å². The standard InChI is InChI=1S/C9H17N3S/c1-8(13-3)4-5-10-9-11-6-7-12(9)2/h6-8H,4-5H2,1-3H3,(H,10,11). The molecular formula is C9H17N3S. The van der Waals surface area contributed by atoms with Gasteiger partial charge in [0.1, 0.15) is 0 Å². The minimum Gasteiger partial charge on any atom is -0.356 e. The molecule has 0 spiro atoms. The third kappa shape index (κ3) is 3.30. The number of thioether (sulfide) groups is 1. The molecule has 0 saturated heterocycles. The molecule has 74 valence electrons. The van der Waals surface area contributed by atoms with Gasteiger partial charge in [-0.2, -0.15) is 11.8 Å². The van der Waals surface area contributed by atoms with Crippen LogP contribution in [0.5, 0.6) is 0 Å². The summed E-state index contributed by atoms with van der Waals surface area (Å²) in [6.07, 6.45) is 7.07. The number of hydrogen-bond acceptors (Lipinski definition) is 3. The molecular weight excluding hydrogens is 182 g/mol. The van der Waals surface area contributed by atoms with Gasteiger partial charge in [0.15, 0.2) is 0 Å². The van der Waals surface area contributed by atoms with Crippen molar-refractivity contribution in [2.45, 2.75) is 18.6 Å². The Kier molecular flexibility index (Phi) is 4.15. The molecule has 0 bridgehead atoms. The number of aryl methyl sites for hydroxylation is 1. The molecule has 0 saturated carbocycles. The van der Waals surface area contributed by atoms with Crippen LogP contribution in [0, 0.1) is 0 Å². The van der Waals surface area contributed by atoms with Crippen LogP contribution in [0.1, 0.15) is 13.3 Å². The SMILES string of the molecule is CSC(C)CCNc1nccn1C. The van der Waals surface area contributed by atoms with Gasteiger partial charge in [-0.05, 0) is 12.7 Å². The van der Waals surface area contributed by atoms with Crippen LogP contribution in [-0.4, -0.2) is 27.6 Å². The Morgan fingerprint density at radius 2 is 2.46 bits per heavy atom. The van der Waals surface area contributed by atoms with Crippen molar-refractivity contribution in [1.29, 1.82) is 0 Å². The Morgan fingerprint density at radius 1 is 1.69 bits per heavy atom. The number of rotatable bonds is 5. The molecule has 1 unspecified atom stereocenters. The van der Waals surface area contributed by atoms with Gasteiger partial charge in [0.05, 0.1) is 0 Å². The van der Waals surface area contributed by atoms with Crippen molar-refractivity contribution < 1.29 is 0 Å². The molecule has 3 nitrogen and oxygen atoms in total. The first-order valence-corrected chi connectivity index (χ1v) is 5.77. The lowest BCUT2D eigenvalue weighted by Crippen LogP contribution is -2.10. The predicted molar refractivity (Wildman–Crippen MR) is 59.3 cm³/mol. The van der Waals surface area contributed by atoms with Crippen molar-refractivity contribution in [3.63, 3.8) is 0 Å². The van der Waals surface area contributed by atoms with Crippen LogP contribution in [0.15, 0.2) is 12.4 Å². The third-order valence-corrected chi connectivity index (χ3v) is 3.10. The van der Waals surface area contributed by atoms with E-state index < -0.39 is 0 Å². The highest BCUT2D eigenvalue weighted by Gasteiger charge is 2.00. The van der Waals surface area contributed by atoms with Gasteiger partial charge < -0.3 is 9.88 Å². The summed E-state index contributed by atoms with van der Waals surface area (Å²) >= 11 is 1.90. The second-order valence-electron chi connectivity index (χ2n) is 3.12. The minimum absolute atomic E-state index is 0.716. The van der Waals surface area contributed by atoms with Gasteiger partial charge in [0.2, 0.25) is 5.95 Å². The van der Waals surface area contributed by atoms with Gasteiger partial charge >= 0.3 is 0 Å². The van der Waals surface area contributed by atoms with Gasteiger partial charge in [0.25, 0.3) is 0 Å². The molecule has 0 radical (unpaired) electrons. The fourth-order valence-electron chi connectivity index (χ4n) is 1.04. The molecule has 0 aliphatic carbocycles. The van der Waals surface area contributed by atoms with Crippen LogP contribution in [0.3, 0.4) is 0 Å². The Labute approximate surface area is 83.9 Å². The van der Waals surface area contributed by atoms with Gasteiger partial charge in [-0.25, -0.2) is 4.98 Å². The number of nitrogens with zero attached hydrogens (tertiary/aromatic N) is 2. The molecule has 1 aromatic rings. The molecule has 0 aromatic carbocycles. The van der Waals surface area contributed by atoms with E-state index in [-0.39, 0.29) is 0 Å². The van der Waals surface area contributed by atoms with Crippen LogP contribution in [0.4, 0.5) is 5.95 Å². The fourth-order valence-corrected chi connectivity index (χ4v) is 1.39. The maximum Gasteiger partial charge on any atom is 0.202 e. The monoisotopic (exact) mass is 199 g/mol. The largest absolute Gasteiger partial charge is 0.356 e. The summed E-state index contributed by atoms with van der Waals surface area (Å²) in [5.41, 5.74) is 0. The Balaban J connectivity index is 2.24. The minimum atomic E-state index is 0.716. The van der Waals surface area contributed by atoms with Gasteiger partial charge in [0, 0.05) is 31.2 Å². The van der Waals surface area contributed by atoms with E-state index in [0.29, 0.717) is 5.25 Å². The van der Waals surface area contributed by atoms with Crippen LogP contribution < -0.4 is 5.32 Å². The zero-order valence-corrected chi connectivity index (χ0v) is 9.27. The summed E-state index contributed by atoms with van der Waals surface area (Å²) in [4.78, 5) is 4.18. The molecule has 0 amide bonds. The van der Waals surface area contributed by atoms with Crippen molar-refractivity contribution in [3.8, 4) is 0 Å². The van der Waals surface area contributed by atoms with Crippen LogP contribution in [-0.2, 0) is 7.05 Å². The number of aromatic nitrogens is 2. The Bertz CT molecular complexity index is 247. The molecule has 1 atom stereocenters. The second-order valence-corrected chi connectivity index (χ2v) is 4.40. The highest BCUT2D eigenvalue weighted by Crippen LogP contribution is 2.09. The summed E-state index contributed by atoms with van der Waals surface area (Å²) in [6, 6.07) is 0. The van der Waals surface area contributed by atoms with E-state index in [1.165, 1.54) is 6.42 Å². The first kappa shape index (κ1) is 10.4. The summed E-state index contributed by atoms with van der Waals surface area (Å²) in [5.74, 6) is 0.952. The molecule has 1 rings (SSSR count).